The number of anilines is 1. The molecule has 0 aliphatic carbocycles. The number of ether oxygens (including phenoxy) is 1. The van der Waals surface area contributed by atoms with E-state index in [4.69, 9.17) is 4.74 Å². The molecule has 1 amide bonds. The molecule has 0 saturated carbocycles. The third kappa shape index (κ3) is 4.77. The number of aryl methyl sites for hydroxylation is 1. The quantitative estimate of drug-likeness (QED) is 0.904. The lowest BCUT2D eigenvalue weighted by molar-refractivity contribution is 0.147. The van der Waals surface area contributed by atoms with Crippen molar-refractivity contribution < 1.29 is 9.53 Å². The van der Waals surface area contributed by atoms with Crippen molar-refractivity contribution in [2.24, 2.45) is 5.92 Å². The van der Waals surface area contributed by atoms with E-state index in [1.54, 1.807) is 0 Å². The summed E-state index contributed by atoms with van der Waals surface area (Å²) in [4.78, 5) is 11.5. The maximum atomic E-state index is 11.5. The molecule has 0 aliphatic heterocycles. The van der Waals surface area contributed by atoms with E-state index in [1.165, 1.54) is 0 Å². The summed E-state index contributed by atoms with van der Waals surface area (Å²) in [6.45, 7) is 6.49. The third-order valence-corrected chi connectivity index (χ3v) is 2.73. The summed E-state index contributed by atoms with van der Waals surface area (Å²) in [5, 5.41) is 2.76. The molecule has 94 valence electrons. The van der Waals surface area contributed by atoms with Gasteiger partial charge in [0, 0.05) is 10.2 Å². The largest absolute Gasteiger partial charge is 0.449 e. The second-order valence-electron chi connectivity index (χ2n) is 4.27. The van der Waals surface area contributed by atoms with Crippen LogP contribution >= 0.6 is 15.9 Å². The van der Waals surface area contributed by atoms with Crippen LogP contribution in [-0.4, -0.2) is 12.7 Å². The van der Waals surface area contributed by atoms with Crippen LogP contribution in [0.25, 0.3) is 0 Å². The lowest BCUT2D eigenvalue weighted by Gasteiger charge is -2.11. The lowest BCUT2D eigenvalue weighted by Crippen LogP contribution is -2.17. The van der Waals surface area contributed by atoms with E-state index in [1.807, 2.05) is 39.0 Å². The fourth-order valence-corrected chi connectivity index (χ4v) is 1.77. The van der Waals surface area contributed by atoms with Gasteiger partial charge in [-0.25, -0.2) is 4.79 Å². The second-order valence-corrected chi connectivity index (χ2v) is 5.19. The average molecular weight is 300 g/mol. The number of benzene rings is 1. The zero-order chi connectivity index (χ0) is 12.8. The zero-order valence-corrected chi connectivity index (χ0v) is 12.0. The van der Waals surface area contributed by atoms with Gasteiger partial charge in [0.2, 0.25) is 0 Å². The predicted octanol–water partition coefficient (Wildman–Crippen LogP) is 4.22. The summed E-state index contributed by atoms with van der Waals surface area (Å²) in [7, 11) is 0. The van der Waals surface area contributed by atoms with Crippen LogP contribution in [0.5, 0.6) is 0 Å². The smallest absolute Gasteiger partial charge is 0.411 e. The summed E-state index contributed by atoms with van der Waals surface area (Å²) in [5.41, 5.74) is 1.89. The Morgan fingerprint density at radius 2 is 2.18 bits per heavy atom. The van der Waals surface area contributed by atoms with E-state index < -0.39 is 6.09 Å². The molecule has 17 heavy (non-hydrogen) atoms. The molecule has 0 atom stereocenters. The molecule has 0 heterocycles. The van der Waals surface area contributed by atoms with Gasteiger partial charge in [-0.3, -0.25) is 5.32 Å². The Hall–Kier alpha value is -1.03. The monoisotopic (exact) mass is 299 g/mol. The van der Waals surface area contributed by atoms with E-state index in [2.05, 4.69) is 21.2 Å². The first kappa shape index (κ1) is 14.0. The maximum absolute atomic E-state index is 11.5. The van der Waals surface area contributed by atoms with Gasteiger partial charge in [0.1, 0.15) is 0 Å². The summed E-state index contributed by atoms with van der Waals surface area (Å²) in [6.07, 6.45) is 0.468. The molecule has 0 saturated heterocycles. The van der Waals surface area contributed by atoms with Crippen molar-refractivity contribution in [2.75, 3.05) is 11.9 Å². The number of nitrogens with one attached hydrogen (secondary N) is 1. The van der Waals surface area contributed by atoms with Gasteiger partial charge in [0.15, 0.2) is 0 Å². The molecule has 0 radical (unpaired) electrons. The molecular weight excluding hydrogens is 282 g/mol. The fraction of sp³-hybridized carbons (Fsp3) is 0.462. The minimum atomic E-state index is -0.393. The van der Waals surface area contributed by atoms with Gasteiger partial charge in [-0.2, -0.15) is 0 Å². The molecule has 0 unspecified atom stereocenters. The van der Waals surface area contributed by atoms with Crippen molar-refractivity contribution >= 4 is 27.7 Å². The van der Waals surface area contributed by atoms with Crippen LogP contribution in [-0.2, 0) is 11.2 Å². The van der Waals surface area contributed by atoms with E-state index in [9.17, 15) is 4.79 Å². The van der Waals surface area contributed by atoms with E-state index in [-0.39, 0.29) is 0 Å². The predicted molar refractivity (Wildman–Crippen MR) is 73.3 cm³/mol. The lowest BCUT2D eigenvalue weighted by atomic mass is 10.1. The standard InChI is InChI=1S/C13H18BrNO2/c1-4-10-7-11(14)5-6-12(10)15-13(16)17-8-9(2)3/h5-7,9H,4,8H2,1-3H3,(H,15,16). The number of hydrogen-bond donors (Lipinski definition) is 1. The summed E-state index contributed by atoms with van der Waals surface area (Å²) in [5.74, 6) is 0.344. The molecule has 0 fully saturated rings. The van der Waals surface area contributed by atoms with Crippen LogP contribution in [0.1, 0.15) is 26.3 Å². The maximum Gasteiger partial charge on any atom is 0.411 e. The molecule has 1 aromatic rings. The Bertz CT molecular complexity index is 391. The van der Waals surface area contributed by atoms with Crippen LogP contribution in [0.3, 0.4) is 0 Å². The normalized spacial score (nSPS) is 10.4. The molecular formula is C13H18BrNO2. The van der Waals surface area contributed by atoms with E-state index in [0.717, 1.165) is 22.1 Å². The highest BCUT2D eigenvalue weighted by molar-refractivity contribution is 9.10. The topological polar surface area (TPSA) is 38.3 Å². The molecule has 3 nitrogen and oxygen atoms in total. The molecule has 0 aliphatic rings. The highest BCUT2D eigenvalue weighted by atomic mass is 79.9. The van der Waals surface area contributed by atoms with E-state index in [0.29, 0.717) is 12.5 Å². The Morgan fingerprint density at radius 3 is 2.76 bits per heavy atom. The Balaban J connectivity index is 2.64. The van der Waals surface area contributed by atoms with Gasteiger partial charge in [-0.15, -0.1) is 0 Å². The number of rotatable bonds is 4. The molecule has 0 aromatic heterocycles. The Kier molecular flexibility index (Phi) is 5.48. The van der Waals surface area contributed by atoms with Crippen molar-refractivity contribution in [3.8, 4) is 0 Å². The van der Waals surface area contributed by atoms with Crippen molar-refractivity contribution in [3.63, 3.8) is 0 Å². The summed E-state index contributed by atoms with van der Waals surface area (Å²) in [6, 6.07) is 5.77. The van der Waals surface area contributed by atoms with Crippen molar-refractivity contribution in [3.05, 3.63) is 28.2 Å². The number of carbonyl (C=O) groups excluding carboxylic acids is 1. The van der Waals surface area contributed by atoms with Crippen molar-refractivity contribution in [1.29, 1.82) is 0 Å². The minimum Gasteiger partial charge on any atom is -0.449 e. The molecule has 1 N–H and O–H groups in total. The first-order valence-electron chi connectivity index (χ1n) is 5.75. The van der Waals surface area contributed by atoms with Crippen molar-refractivity contribution in [2.45, 2.75) is 27.2 Å². The summed E-state index contributed by atoms with van der Waals surface area (Å²) >= 11 is 3.41. The Morgan fingerprint density at radius 1 is 1.47 bits per heavy atom. The van der Waals surface area contributed by atoms with Gasteiger partial charge >= 0.3 is 6.09 Å². The van der Waals surface area contributed by atoms with Crippen molar-refractivity contribution in [1.82, 2.24) is 0 Å². The van der Waals surface area contributed by atoms with Gasteiger partial charge in [0.05, 0.1) is 6.61 Å². The highest BCUT2D eigenvalue weighted by Gasteiger charge is 2.07. The average Bonchev–Trinajstić information content (AvgIpc) is 2.28. The van der Waals surface area contributed by atoms with E-state index >= 15 is 0 Å². The minimum absolute atomic E-state index is 0.344. The molecule has 0 spiro atoms. The fourth-order valence-electron chi connectivity index (χ4n) is 1.37. The second kappa shape index (κ2) is 6.64. The van der Waals surface area contributed by atoms with Crippen LogP contribution in [0.2, 0.25) is 0 Å². The number of hydrogen-bond acceptors (Lipinski definition) is 2. The van der Waals surface area contributed by atoms with Gasteiger partial charge < -0.3 is 4.74 Å². The number of amides is 1. The zero-order valence-electron chi connectivity index (χ0n) is 10.4. The van der Waals surface area contributed by atoms with Gasteiger partial charge in [-0.05, 0) is 36.1 Å². The third-order valence-electron chi connectivity index (χ3n) is 2.23. The summed E-state index contributed by atoms with van der Waals surface area (Å²) < 4.78 is 6.09. The first-order valence-corrected chi connectivity index (χ1v) is 6.54. The van der Waals surface area contributed by atoms with Crippen LogP contribution in [0.15, 0.2) is 22.7 Å². The Labute approximate surface area is 111 Å². The van der Waals surface area contributed by atoms with Crippen LogP contribution < -0.4 is 5.32 Å². The molecule has 4 heteroatoms. The SMILES string of the molecule is CCc1cc(Br)ccc1NC(=O)OCC(C)C. The number of halogens is 1. The van der Waals surface area contributed by atoms with Crippen LogP contribution in [0.4, 0.5) is 10.5 Å². The van der Waals surface area contributed by atoms with Gasteiger partial charge in [-0.1, -0.05) is 36.7 Å². The van der Waals surface area contributed by atoms with Crippen LogP contribution in [0, 0.1) is 5.92 Å². The highest BCUT2D eigenvalue weighted by Crippen LogP contribution is 2.21. The molecule has 1 rings (SSSR count). The molecule has 1 aromatic carbocycles. The molecule has 0 bridgehead atoms. The van der Waals surface area contributed by atoms with Gasteiger partial charge in [0.25, 0.3) is 0 Å². The number of carbonyl (C=O) groups is 1. The first-order chi connectivity index (χ1) is 8.02.